The van der Waals surface area contributed by atoms with Crippen molar-refractivity contribution in [3.05, 3.63) is 48.5 Å². The molecular weight excluding hydrogens is 200 g/mol. The van der Waals surface area contributed by atoms with Gasteiger partial charge in [-0.1, -0.05) is 48.5 Å². The van der Waals surface area contributed by atoms with Gasteiger partial charge in [-0.3, -0.25) is 0 Å². The monoisotopic (exact) mass is 210 g/mol. The minimum absolute atomic E-state index is 0.345. The average Bonchev–Trinajstić information content (AvgIpc) is 2.26. The molecule has 2 aromatic carbocycles. The topological polar surface area (TPSA) is 0 Å². The molecule has 66 valence electrons. The van der Waals surface area contributed by atoms with Crippen molar-refractivity contribution < 1.29 is 0 Å². The maximum Gasteiger partial charge on any atom is 0.0390 e. The molecule has 14 heavy (non-hydrogen) atoms. The normalized spacial score (nSPS) is 10.9. The van der Waals surface area contributed by atoms with Gasteiger partial charge in [-0.25, -0.2) is 0 Å². The van der Waals surface area contributed by atoms with Crippen LogP contribution in [0.3, 0.4) is 0 Å². The molecule has 0 aliphatic heterocycles. The largest absolute Gasteiger partial charge is 0.0621 e. The summed E-state index contributed by atoms with van der Waals surface area (Å²) in [5.74, 6) is 0. The predicted octanol–water partition coefficient (Wildman–Crippen LogP) is 2.13. The average molecular weight is 210 g/mol. The summed E-state index contributed by atoms with van der Waals surface area (Å²) >= 11 is 0. The highest BCUT2D eigenvalue weighted by molar-refractivity contribution is 6.74. The molecule has 0 fully saturated rings. The number of benzene rings is 2. The van der Waals surface area contributed by atoms with E-state index in [0.717, 1.165) is 0 Å². The quantitative estimate of drug-likeness (QED) is 0.394. The minimum Gasteiger partial charge on any atom is -0.0621 e. The van der Waals surface area contributed by atoms with E-state index in [2.05, 4.69) is 48.5 Å². The summed E-state index contributed by atoms with van der Waals surface area (Å²) in [5.41, 5.74) is 0. The van der Waals surface area contributed by atoms with Crippen LogP contribution in [0.1, 0.15) is 0 Å². The first-order valence-corrected chi connectivity index (χ1v) is 7.12. The maximum absolute atomic E-state index is 2.30. The second-order valence-corrected chi connectivity index (χ2v) is 6.61. The molecule has 2 heteroatoms. The summed E-state index contributed by atoms with van der Waals surface area (Å²) in [6.45, 7) is 0. The summed E-state index contributed by atoms with van der Waals surface area (Å²) in [4.78, 5) is 6.45. The molecule has 3 rings (SSSR count). The number of rotatable bonds is 0. The van der Waals surface area contributed by atoms with Crippen LogP contribution < -0.4 is 0 Å². The van der Waals surface area contributed by atoms with E-state index >= 15 is 0 Å². The van der Waals surface area contributed by atoms with Gasteiger partial charge in [0.2, 0.25) is 0 Å². The third kappa shape index (κ3) is 1.27. The van der Waals surface area contributed by atoms with Crippen LogP contribution in [0.4, 0.5) is 0 Å². The number of hydrogen-bond acceptors (Lipinski definition) is 0. The van der Waals surface area contributed by atoms with E-state index in [4.69, 9.17) is 0 Å². The molecule has 0 saturated heterocycles. The van der Waals surface area contributed by atoms with Gasteiger partial charge in [-0.05, 0) is 20.0 Å². The number of hydrogen-bond donors (Lipinski definition) is 0. The van der Waals surface area contributed by atoms with E-state index in [1.165, 1.54) is 0 Å². The maximum atomic E-state index is 2.30. The smallest absolute Gasteiger partial charge is 0.0390 e. The van der Waals surface area contributed by atoms with Gasteiger partial charge in [0.15, 0.2) is 0 Å². The lowest BCUT2D eigenvalue weighted by Crippen LogP contribution is -1.87. The van der Waals surface area contributed by atoms with Gasteiger partial charge in [0.25, 0.3) is 0 Å². The van der Waals surface area contributed by atoms with Gasteiger partial charge in [-0.15, -0.1) is 0 Å². The van der Waals surface area contributed by atoms with Crippen LogP contribution >= 0.6 is 0 Å². The molecule has 0 radical (unpaired) electrons. The van der Waals surface area contributed by atoms with E-state index in [1.54, 1.807) is 20.0 Å². The molecule has 0 unspecified atom stereocenters. The Hall–Kier alpha value is -1.13. The third-order valence-corrected chi connectivity index (χ3v) is 6.63. The fourth-order valence-corrected chi connectivity index (χ4v) is 5.43. The van der Waals surface area contributed by atoms with Crippen molar-refractivity contribution >= 4 is 38.2 Å². The van der Waals surface area contributed by atoms with Gasteiger partial charge in [0.05, 0.1) is 0 Å². The number of fused-ring (bicyclic) bond motifs is 2. The Morgan fingerprint density at radius 3 is 1.07 bits per heavy atom. The van der Waals surface area contributed by atoms with Crippen LogP contribution in [0.15, 0.2) is 48.5 Å². The zero-order chi connectivity index (χ0) is 9.38. The van der Waals surface area contributed by atoms with E-state index in [0.29, 0.717) is 18.2 Å². The van der Waals surface area contributed by atoms with E-state index in [-0.39, 0.29) is 0 Å². The summed E-state index contributed by atoms with van der Waals surface area (Å²) in [6.07, 6.45) is 0. The second-order valence-electron chi connectivity index (χ2n) is 3.55. The van der Waals surface area contributed by atoms with Crippen LogP contribution in [-0.2, 0) is 0 Å². The molecule has 0 atom stereocenters. The standard InChI is InChI=1S/C12H10Si2/c1-2-6-10-9(5-1)13-11-7-3-4-8-12(11)14-10/h1-8,13-14H. The molecule has 1 heterocycles. The van der Waals surface area contributed by atoms with Gasteiger partial charge in [0, 0.05) is 18.2 Å². The zero-order valence-corrected chi connectivity index (χ0v) is 10.1. The van der Waals surface area contributed by atoms with Gasteiger partial charge in [-0.2, -0.15) is 0 Å². The molecule has 1 aromatic heterocycles. The highest BCUT2D eigenvalue weighted by atomic mass is 28.2. The van der Waals surface area contributed by atoms with Gasteiger partial charge < -0.3 is 0 Å². The lowest BCUT2D eigenvalue weighted by molar-refractivity contribution is 1.86. The first kappa shape index (κ1) is 8.20. The Morgan fingerprint density at radius 2 is 0.786 bits per heavy atom. The first-order valence-electron chi connectivity index (χ1n) is 4.81. The van der Waals surface area contributed by atoms with Crippen molar-refractivity contribution in [1.82, 2.24) is 0 Å². The zero-order valence-electron chi connectivity index (χ0n) is 7.77. The van der Waals surface area contributed by atoms with Crippen molar-refractivity contribution in [1.29, 1.82) is 0 Å². The molecule has 0 aliphatic carbocycles. The first-order chi connectivity index (χ1) is 6.93. The van der Waals surface area contributed by atoms with Crippen molar-refractivity contribution in [2.24, 2.45) is 0 Å². The van der Waals surface area contributed by atoms with E-state index in [9.17, 15) is 0 Å². The molecule has 0 spiro atoms. The summed E-state index contributed by atoms with van der Waals surface area (Å²) in [6, 6.07) is 17.9. The molecular formula is C12H10Si2. The molecule has 3 aromatic rings. The molecule has 0 nitrogen and oxygen atoms in total. The fourth-order valence-electron chi connectivity index (χ4n) is 1.88. The molecule has 0 amide bonds. The van der Waals surface area contributed by atoms with Gasteiger partial charge in [0.1, 0.15) is 0 Å². The summed E-state index contributed by atoms with van der Waals surface area (Å²) < 4.78 is 0. The van der Waals surface area contributed by atoms with Crippen LogP contribution in [0.25, 0.3) is 20.0 Å². The van der Waals surface area contributed by atoms with Crippen LogP contribution in [-0.4, -0.2) is 18.2 Å². The molecule has 0 bridgehead atoms. The third-order valence-electron chi connectivity index (χ3n) is 2.61. The SMILES string of the molecule is c1ccc2[siH]c3ccccc3[siH]c2c1. The summed E-state index contributed by atoms with van der Waals surface area (Å²) in [5, 5.41) is 0. The predicted molar refractivity (Wildman–Crippen MR) is 66.9 cm³/mol. The van der Waals surface area contributed by atoms with Crippen molar-refractivity contribution in [2.45, 2.75) is 0 Å². The van der Waals surface area contributed by atoms with E-state index in [1.807, 2.05) is 0 Å². The lowest BCUT2D eigenvalue weighted by Gasteiger charge is -2.00. The van der Waals surface area contributed by atoms with Crippen LogP contribution in [0.2, 0.25) is 0 Å². The minimum atomic E-state index is 0.345. The highest BCUT2D eigenvalue weighted by Crippen LogP contribution is 2.13. The van der Waals surface area contributed by atoms with Crippen LogP contribution in [0.5, 0.6) is 0 Å². The van der Waals surface area contributed by atoms with Gasteiger partial charge >= 0.3 is 0 Å². The Bertz CT molecular complexity index is 497. The Balaban J connectivity index is 2.52. The lowest BCUT2D eigenvalue weighted by atomic mass is 10.4. The Labute approximate surface area is 87.1 Å². The van der Waals surface area contributed by atoms with Crippen molar-refractivity contribution in [3.63, 3.8) is 0 Å². The van der Waals surface area contributed by atoms with E-state index < -0.39 is 0 Å². The van der Waals surface area contributed by atoms with Crippen molar-refractivity contribution in [3.8, 4) is 0 Å². The van der Waals surface area contributed by atoms with Crippen molar-refractivity contribution in [2.75, 3.05) is 0 Å². The second kappa shape index (κ2) is 3.22. The molecule has 0 N–H and O–H groups in total. The summed E-state index contributed by atoms with van der Waals surface area (Å²) in [7, 11) is 0.691. The highest BCUT2D eigenvalue weighted by Gasteiger charge is 1.95. The Kier molecular flexibility index (Phi) is 1.89. The Morgan fingerprint density at radius 1 is 0.500 bits per heavy atom. The molecule has 0 aliphatic rings. The fraction of sp³-hybridized carbons (Fsp3) is 0. The van der Waals surface area contributed by atoms with Crippen LogP contribution in [0, 0.1) is 0 Å². The molecule has 0 saturated carbocycles.